The molecular formula is C37H27N3O. The molecule has 2 N–H and O–H groups in total. The van der Waals surface area contributed by atoms with Gasteiger partial charge in [0.2, 0.25) is 0 Å². The first-order valence-corrected chi connectivity index (χ1v) is 13.7. The van der Waals surface area contributed by atoms with Crippen LogP contribution in [0.25, 0.3) is 43.8 Å². The molecule has 0 radical (unpaired) electrons. The van der Waals surface area contributed by atoms with Crippen LogP contribution in [0.2, 0.25) is 0 Å². The van der Waals surface area contributed by atoms with Gasteiger partial charge in [-0.3, -0.25) is 4.99 Å². The molecule has 0 aliphatic rings. The lowest BCUT2D eigenvalue weighted by Crippen LogP contribution is -2.16. The molecular weight excluding hydrogens is 502 g/mol. The Kier molecular flexibility index (Phi) is 6.34. The van der Waals surface area contributed by atoms with Crippen LogP contribution in [-0.2, 0) is 6.54 Å². The van der Waals surface area contributed by atoms with E-state index in [0.29, 0.717) is 18.2 Å². The van der Waals surface area contributed by atoms with Gasteiger partial charge in [0, 0.05) is 21.9 Å². The van der Waals surface area contributed by atoms with E-state index >= 15 is 0 Å². The van der Waals surface area contributed by atoms with Crippen LogP contribution in [0.5, 0.6) is 0 Å². The lowest BCUT2D eigenvalue weighted by atomic mass is 9.98. The first-order valence-electron chi connectivity index (χ1n) is 13.7. The third-order valence-electron chi connectivity index (χ3n) is 7.39. The lowest BCUT2D eigenvalue weighted by molar-refractivity contribution is 0.668. The van der Waals surface area contributed by atoms with Crippen LogP contribution in [0.1, 0.15) is 16.7 Å². The molecule has 41 heavy (non-hydrogen) atoms. The first kappa shape index (κ1) is 24.6. The molecule has 6 aromatic carbocycles. The van der Waals surface area contributed by atoms with Gasteiger partial charge >= 0.3 is 0 Å². The van der Waals surface area contributed by atoms with Crippen LogP contribution >= 0.6 is 0 Å². The van der Waals surface area contributed by atoms with Crippen LogP contribution in [0.3, 0.4) is 0 Å². The molecule has 0 atom stereocenters. The number of nitrogens with two attached hydrogens (primary N) is 1. The van der Waals surface area contributed by atoms with Crippen molar-refractivity contribution in [3.8, 4) is 11.1 Å². The average Bonchev–Trinajstić information content (AvgIpc) is 3.42. The second-order valence-electron chi connectivity index (χ2n) is 10.0. The number of nitrogens with zero attached hydrogens (tertiary/aromatic N) is 2. The SMILES string of the molecule is NC(=NC(=NCc1cccc2oc3ccc(-c4ccc5ccccc5c4)cc3c12)c1ccccc1)c1ccccc1. The highest BCUT2D eigenvalue weighted by atomic mass is 16.3. The topological polar surface area (TPSA) is 63.9 Å². The zero-order valence-electron chi connectivity index (χ0n) is 22.4. The zero-order valence-corrected chi connectivity index (χ0v) is 22.4. The van der Waals surface area contributed by atoms with Crippen molar-refractivity contribution in [1.82, 2.24) is 0 Å². The van der Waals surface area contributed by atoms with Gasteiger partial charge in [-0.25, -0.2) is 4.99 Å². The molecule has 0 saturated heterocycles. The molecule has 0 aliphatic heterocycles. The van der Waals surface area contributed by atoms with E-state index in [-0.39, 0.29) is 0 Å². The standard InChI is InChI=1S/C37H27N3O/c38-36(26-11-3-1-4-12-26)40-37(27-13-5-2-6-14-27)39-24-31-16-9-17-34-35(31)32-23-30(20-21-33(32)41-34)29-19-18-25-10-7-8-15-28(25)22-29/h1-23H,24H2,(H2,38,39,40). The Balaban J connectivity index is 1.32. The van der Waals surface area contributed by atoms with Gasteiger partial charge in [0.25, 0.3) is 0 Å². The third-order valence-corrected chi connectivity index (χ3v) is 7.39. The van der Waals surface area contributed by atoms with Gasteiger partial charge < -0.3 is 10.2 Å². The molecule has 0 unspecified atom stereocenters. The predicted molar refractivity (Wildman–Crippen MR) is 171 cm³/mol. The fraction of sp³-hybridized carbons (Fsp3) is 0.0270. The summed E-state index contributed by atoms with van der Waals surface area (Å²) >= 11 is 0. The van der Waals surface area contributed by atoms with Gasteiger partial charge in [-0.15, -0.1) is 0 Å². The smallest absolute Gasteiger partial charge is 0.157 e. The van der Waals surface area contributed by atoms with E-state index in [1.54, 1.807) is 0 Å². The van der Waals surface area contributed by atoms with Gasteiger partial charge in [-0.2, -0.15) is 0 Å². The minimum atomic E-state index is 0.431. The fourth-order valence-corrected chi connectivity index (χ4v) is 5.31. The van der Waals surface area contributed by atoms with Crippen molar-refractivity contribution in [2.45, 2.75) is 6.54 Å². The monoisotopic (exact) mass is 529 g/mol. The van der Waals surface area contributed by atoms with Crippen LogP contribution in [0.4, 0.5) is 0 Å². The number of aliphatic imine (C=N–C) groups is 2. The number of hydrogen-bond donors (Lipinski definition) is 1. The van der Waals surface area contributed by atoms with Crippen molar-refractivity contribution in [1.29, 1.82) is 0 Å². The Morgan fingerprint density at radius 2 is 1.27 bits per heavy atom. The molecule has 1 aromatic heterocycles. The summed E-state index contributed by atoms with van der Waals surface area (Å²) in [4.78, 5) is 9.75. The molecule has 196 valence electrons. The van der Waals surface area contributed by atoms with Gasteiger partial charge in [0.15, 0.2) is 5.84 Å². The Hall–Kier alpha value is -5.48. The highest BCUT2D eigenvalue weighted by Crippen LogP contribution is 2.35. The van der Waals surface area contributed by atoms with Crippen molar-refractivity contribution >= 4 is 44.4 Å². The van der Waals surface area contributed by atoms with Crippen molar-refractivity contribution in [3.63, 3.8) is 0 Å². The second-order valence-corrected chi connectivity index (χ2v) is 10.0. The number of amidine groups is 2. The van der Waals surface area contributed by atoms with Crippen molar-refractivity contribution < 1.29 is 4.42 Å². The zero-order chi connectivity index (χ0) is 27.6. The summed E-state index contributed by atoms with van der Waals surface area (Å²) in [7, 11) is 0. The van der Waals surface area contributed by atoms with Gasteiger partial charge in [0.1, 0.15) is 17.0 Å². The molecule has 0 aliphatic carbocycles. The summed E-state index contributed by atoms with van der Waals surface area (Å²) in [5.74, 6) is 1.02. The average molecular weight is 530 g/mol. The fourth-order valence-electron chi connectivity index (χ4n) is 5.31. The molecule has 0 spiro atoms. The highest BCUT2D eigenvalue weighted by Gasteiger charge is 2.13. The molecule has 0 fully saturated rings. The molecule has 0 saturated carbocycles. The Labute approximate surface area is 238 Å². The minimum absolute atomic E-state index is 0.431. The molecule has 1 heterocycles. The van der Waals surface area contributed by atoms with Crippen molar-refractivity contribution in [3.05, 3.63) is 156 Å². The molecule has 4 nitrogen and oxygen atoms in total. The van der Waals surface area contributed by atoms with E-state index in [4.69, 9.17) is 20.1 Å². The second kappa shape index (κ2) is 10.6. The maximum atomic E-state index is 6.41. The van der Waals surface area contributed by atoms with Crippen molar-refractivity contribution in [2.75, 3.05) is 0 Å². The maximum absolute atomic E-state index is 6.41. The Bertz CT molecular complexity index is 2070. The molecule has 4 heteroatoms. The van der Waals surface area contributed by atoms with E-state index in [0.717, 1.165) is 44.2 Å². The van der Waals surface area contributed by atoms with Crippen molar-refractivity contribution in [2.24, 2.45) is 15.7 Å². The summed E-state index contributed by atoms with van der Waals surface area (Å²) in [5.41, 5.74) is 13.3. The molecule has 0 amide bonds. The minimum Gasteiger partial charge on any atom is -0.456 e. The lowest BCUT2D eigenvalue weighted by Gasteiger charge is -2.07. The Morgan fingerprint density at radius 3 is 2.07 bits per heavy atom. The first-order chi connectivity index (χ1) is 20.2. The van der Waals surface area contributed by atoms with E-state index < -0.39 is 0 Å². The molecule has 7 aromatic rings. The number of hydrogen-bond acceptors (Lipinski definition) is 2. The van der Waals surface area contributed by atoms with Crippen LogP contribution in [0.15, 0.2) is 154 Å². The van der Waals surface area contributed by atoms with Gasteiger partial charge in [-0.05, 0) is 51.7 Å². The summed E-state index contributed by atoms with van der Waals surface area (Å²) in [6.45, 7) is 0.433. The number of fused-ring (bicyclic) bond motifs is 4. The predicted octanol–water partition coefficient (Wildman–Crippen LogP) is 8.76. The van der Waals surface area contributed by atoms with Crippen LogP contribution < -0.4 is 5.73 Å². The summed E-state index contributed by atoms with van der Waals surface area (Å²) in [5, 5.41) is 4.60. The highest BCUT2D eigenvalue weighted by molar-refractivity contribution is 6.11. The summed E-state index contributed by atoms with van der Waals surface area (Å²) < 4.78 is 6.27. The number of rotatable bonds is 5. The number of benzene rings is 6. The maximum Gasteiger partial charge on any atom is 0.157 e. The summed E-state index contributed by atoms with van der Waals surface area (Å²) in [6.07, 6.45) is 0. The quantitative estimate of drug-likeness (QED) is 0.179. The Morgan fingerprint density at radius 1 is 0.585 bits per heavy atom. The number of furan rings is 1. The van der Waals surface area contributed by atoms with E-state index in [1.807, 2.05) is 72.8 Å². The summed E-state index contributed by atoms with van der Waals surface area (Å²) in [6, 6.07) is 47.3. The third kappa shape index (κ3) is 4.88. The molecule has 7 rings (SSSR count). The largest absolute Gasteiger partial charge is 0.456 e. The van der Waals surface area contributed by atoms with E-state index in [9.17, 15) is 0 Å². The normalized spacial score (nSPS) is 12.4. The van der Waals surface area contributed by atoms with Crippen LogP contribution in [0, 0.1) is 0 Å². The molecule has 0 bridgehead atoms. The van der Waals surface area contributed by atoms with Crippen LogP contribution in [-0.4, -0.2) is 11.7 Å². The van der Waals surface area contributed by atoms with E-state index in [1.165, 1.54) is 16.3 Å². The van der Waals surface area contributed by atoms with E-state index in [2.05, 4.69) is 66.7 Å². The van der Waals surface area contributed by atoms with Gasteiger partial charge in [0.05, 0.1) is 6.54 Å². The van der Waals surface area contributed by atoms with Gasteiger partial charge in [-0.1, -0.05) is 115 Å².